The quantitative estimate of drug-likeness (QED) is 0.601. The van der Waals surface area contributed by atoms with Gasteiger partial charge in [-0.25, -0.2) is 0 Å². The molecule has 4 rings (SSSR count). The van der Waals surface area contributed by atoms with E-state index in [2.05, 4.69) is 73.8 Å². The van der Waals surface area contributed by atoms with Crippen molar-refractivity contribution in [3.05, 3.63) is 100 Å². The molecule has 31 heavy (non-hydrogen) atoms. The van der Waals surface area contributed by atoms with Crippen molar-refractivity contribution in [2.24, 2.45) is 9.98 Å². The molecule has 0 atom stereocenters. The minimum atomic E-state index is 0.721. The van der Waals surface area contributed by atoms with E-state index in [4.69, 9.17) is 14.7 Å². The molecule has 158 valence electrons. The average molecular weight is 412 g/mol. The number of nitrogens with one attached hydrogen (secondary N) is 1. The zero-order valence-electron chi connectivity index (χ0n) is 18.5. The fourth-order valence-electron chi connectivity index (χ4n) is 3.65. The number of rotatable bonds is 7. The third kappa shape index (κ3) is 5.21. The van der Waals surface area contributed by atoms with Crippen molar-refractivity contribution < 1.29 is 4.74 Å². The van der Waals surface area contributed by atoms with Gasteiger partial charge in [-0.3, -0.25) is 9.98 Å². The van der Waals surface area contributed by atoms with Gasteiger partial charge in [-0.05, 0) is 56.0 Å². The maximum atomic E-state index is 5.43. The normalized spacial score (nSPS) is 15.2. The van der Waals surface area contributed by atoms with Crippen LogP contribution < -0.4 is 10.1 Å². The Kier molecular flexibility index (Phi) is 6.46. The van der Waals surface area contributed by atoms with Crippen molar-refractivity contribution in [3.63, 3.8) is 0 Å². The molecule has 0 saturated heterocycles. The number of nitrogens with zero attached hydrogens (tertiary/aromatic N) is 2. The summed E-state index contributed by atoms with van der Waals surface area (Å²) in [5.41, 5.74) is 7.29. The van der Waals surface area contributed by atoms with Gasteiger partial charge in [-0.1, -0.05) is 59.7 Å². The molecule has 3 aromatic carbocycles. The molecule has 0 aliphatic carbocycles. The summed E-state index contributed by atoms with van der Waals surface area (Å²) in [4.78, 5) is 9.70. The Morgan fingerprint density at radius 2 is 1.19 bits per heavy atom. The van der Waals surface area contributed by atoms with Crippen molar-refractivity contribution in [2.75, 3.05) is 20.2 Å². The zero-order chi connectivity index (χ0) is 21.6. The van der Waals surface area contributed by atoms with Crippen LogP contribution in [0.25, 0.3) is 0 Å². The highest BCUT2D eigenvalue weighted by atomic mass is 16.5. The number of aryl methyl sites for hydroxylation is 2. The van der Waals surface area contributed by atoms with Crippen LogP contribution in [0.5, 0.6) is 5.75 Å². The molecule has 0 fully saturated rings. The molecule has 4 nitrogen and oxygen atoms in total. The number of ether oxygens (including phenoxy) is 1. The van der Waals surface area contributed by atoms with Crippen LogP contribution in [0, 0.1) is 13.8 Å². The minimum Gasteiger partial charge on any atom is -0.497 e. The molecule has 0 radical (unpaired) electrons. The summed E-state index contributed by atoms with van der Waals surface area (Å²) in [6, 6.07) is 23.4. The van der Waals surface area contributed by atoms with Gasteiger partial charge in [-0.15, -0.1) is 0 Å². The molecule has 1 heterocycles. The first-order valence-electron chi connectivity index (χ1n) is 10.8. The van der Waals surface area contributed by atoms with Crippen molar-refractivity contribution in [1.29, 1.82) is 0 Å². The Morgan fingerprint density at radius 1 is 0.677 bits per heavy atom. The second kappa shape index (κ2) is 9.61. The Labute approximate surface area is 184 Å². The summed E-state index contributed by atoms with van der Waals surface area (Å²) in [5.74, 6) is 2.58. The second-order valence-corrected chi connectivity index (χ2v) is 7.97. The molecule has 3 aromatic rings. The van der Waals surface area contributed by atoms with Crippen LogP contribution in [-0.2, 0) is 12.8 Å². The molecule has 0 bridgehead atoms. The lowest BCUT2D eigenvalue weighted by Crippen LogP contribution is -2.23. The number of amidine groups is 2. The maximum absolute atomic E-state index is 5.43. The van der Waals surface area contributed by atoms with Crippen molar-refractivity contribution >= 4 is 11.7 Å². The summed E-state index contributed by atoms with van der Waals surface area (Å²) < 4.78 is 5.43. The number of fused-ring (bicyclic) bond motifs is 1. The Bertz CT molecular complexity index is 1100. The SMILES string of the molecule is COc1ccc2c(c1)C(=NCCc1ccc(C)cc1)NC2=NCCc1ccc(C)cc1. The predicted octanol–water partition coefficient (Wildman–Crippen LogP) is 4.89. The van der Waals surface area contributed by atoms with Gasteiger partial charge in [0.25, 0.3) is 0 Å². The van der Waals surface area contributed by atoms with Crippen LogP contribution in [0.4, 0.5) is 0 Å². The molecule has 0 aromatic heterocycles. The summed E-state index contributed by atoms with van der Waals surface area (Å²) in [7, 11) is 1.69. The van der Waals surface area contributed by atoms with Gasteiger partial charge in [0.2, 0.25) is 0 Å². The van der Waals surface area contributed by atoms with E-state index in [1.165, 1.54) is 22.3 Å². The van der Waals surface area contributed by atoms with Crippen LogP contribution in [0.2, 0.25) is 0 Å². The van der Waals surface area contributed by atoms with Crippen LogP contribution in [-0.4, -0.2) is 31.9 Å². The summed E-state index contributed by atoms with van der Waals surface area (Å²) in [5, 5.41) is 3.44. The molecule has 0 unspecified atom stereocenters. The molecular formula is C27H29N3O. The van der Waals surface area contributed by atoms with Crippen LogP contribution in [0.15, 0.2) is 76.7 Å². The highest BCUT2D eigenvalue weighted by Gasteiger charge is 2.23. The molecule has 1 aliphatic rings. The Morgan fingerprint density at radius 3 is 1.71 bits per heavy atom. The number of hydrogen-bond acceptors (Lipinski definition) is 3. The summed E-state index contributed by atoms with van der Waals surface area (Å²) in [6.45, 7) is 5.67. The lowest BCUT2D eigenvalue weighted by Gasteiger charge is -2.03. The lowest BCUT2D eigenvalue weighted by atomic mass is 10.1. The zero-order valence-corrected chi connectivity index (χ0v) is 18.5. The monoisotopic (exact) mass is 411 g/mol. The lowest BCUT2D eigenvalue weighted by molar-refractivity contribution is 0.414. The second-order valence-electron chi connectivity index (χ2n) is 7.97. The van der Waals surface area contributed by atoms with E-state index in [1.807, 2.05) is 12.1 Å². The van der Waals surface area contributed by atoms with E-state index in [9.17, 15) is 0 Å². The van der Waals surface area contributed by atoms with Crippen LogP contribution in [0.3, 0.4) is 0 Å². The third-order valence-electron chi connectivity index (χ3n) is 5.56. The van der Waals surface area contributed by atoms with Gasteiger partial charge in [0.05, 0.1) is 7.11 Å². The highest BCUT2D eigenvalue weighted by molar-refractivity contribution is 6.25. The van der Waals surface area contributed by atoms with E-state index in [0.717, 1.165) is 54.5 Å². The van der Waals surface area contributed by atoms with Gasteiger partial charge in [0, 0.05) is 24.2 Å². The number of methoxy groups -OCH3 is 1. The topological polar surface area (TPSA) is 46.0 Å². The number of hydrogen-bond donors (Lipinski definition) is 1. The Balaban J connectivity index is 1.49. The minimum absolute atomic E-state index is 0.721. The van der Waals surface area contributed by atoms with Crippen LogP contribution >= 0.6 is 0 Å². The first kappa shape index (κ1) is 20.9. The summed E-state index contributed by atoms with van der Waals surface area (Å²) in [6.07, 6.45) is 1.82. The van der Waals surface area contributed by atoms with Crippen molar-refractivity contribution in [2.45, 2.75) is 26.7 Å². The maximum Gasteiger partial charge on any atom is 0.134 e. The smallest absolute Gasteiger partial charge is 0.134 e. The number of aliphatic imine (C=N–C) groups is 2. The van der Waals surface area contributed by atoms with Gasteiger partial charge in [-0.2, -0.15) is 0 Å². The fourth-order valence-corrected chi connectivity index (χ4v) is 3.65. The van der Waals surface area contributed by atoms with Crippen molar-refractivity contribution in [1.82, 2.24) is 5.32 Å². The van der Waals surface area contributed by atoms with E-state index in [1.54, 1.807) is 7.11 Å². The van der Waals surface area contributed by atoms with E-state index in [0.29, 0.717) is 0 Å². The number of benzene rings is 3. The molecule has 1 aliphatic heterocycles. The van der Waals surface area contributed by atoms with E-state index < -0.39 is 0 Å². The first-order valence-corrected chi connectivity index (χ1v) is 10.8. The molecule has 0 amide bonds. The van der Waals surface area contributed by atoms with Crippen molar-refractivity contribution in [3.8, 4) is 5.75 Å². The fraction of sp³-hybridized carbons (Fsp3) is 0.259. The first-order chi connectivity index (χ1) is 15.1. The highest BCUT2D eigenvalue weighted by Crippen LogP contribution is 2.23. The molecule has 1 N–H and O–H groups in total. The van der Waals surface area contributed by atoms with Gasteiger partial charge >= 0.3 is 0 Å². The molecule has 4 heteroatoms. The van der Waals surface area contributed by atoms with E-state index >= 15 is 0 Å². The Hall–Kier alpha value is -3.40. The molecule has 0 spiro atoms. The molecular weight excluding hydrogens is 382 g/mol. The van der Waals surface area contributed by atoms with Gasteiger partial charge in [0.15, 0.2) is 0 Å². The van der Waals surface area contributed by atoms with Crippen LogP contribution in [0.1, 0.15) is 33.4 Å². The van der Waals surface area contributed by atoms with Gasteiger partial charge in [0.1, 0.15) is 17.4 Å². The molecule has 0 saturated carbocycles. The summed E-state index contributed by atoms with van der Waals surface area (Å²) >= 11 is 0. The third-order valence-corrected chi connectivity index (χ3v) is 5.56. The standard InChI is InChI=1S/C27H29N3O/c1-19-4-8-21(9-5-19)14-16-28-26-24-13-12-23(31-3)18-25(24)27(30-26)29-17-15-22-10-6-20(2)7-11-22/h4-13,18H,14-17H2,1-3H3,(H,28,29,30). The predicted molar refractivity (Wildman–Crippen MR) is 129 cm³/mol. The average Bonchev–Trinajstić information content (AvgIpc) is 3.13. The largest absolute Gasteiger partial charge is 0.497 e. The van der Waals surface area contributed by atoms with E-state index in [-0.39, 0.29) is 0 Å². The van der Waals surface area contributed by atoms with Gasteiger partial charge < -0.3 is 10.1 Å².